The molecular weight excluding hydrogens is 282 g/mol. The van der Waals surface area contributed by atoms with Crippen LogP contribution in [0.4, 0.5) is 0 Å². The molecule has 0 aliphatic carbocycles. The highest BCUT2D eigenvalue weighted by Gasteiger charge is 2.19. The molecule has 0 radical (unpaired) electrons. The van der Waals surface area contributed by atoms with Crippen LogP contribution in [0, 0.1) is 12.8 Å². The van der Waals surface area contributed by atoms with Crippen LogP contribution in [0.15, 0.2) is 41.8 Å². The predicted molar refractivity (Wildman–Crippen MR) is 86.7 cm³/mol. The molecule has 0 spiro atoms. The fourth-order valence-electron chi connectivity index (χ4n) is 2.10. The van der Waals surface area contributed by atoms with Gasteiger partial charge in [-0.25, -0.2) is 0 Å². The average Bonchev–Trinajstić information content (AvgIpc) is 2.96. The molecule has 112 valence electrons. The maximum absolute atomic E-state index is 12.1. The van der Waals surface area contributed by atoms with Crippen molar-refractivity contribution in [3.8, 4) is 5.75 Å². The lowest BCUT2D eigenvalue weighted by molar-refractivity contribution is -0.124. The van der Waals surface area contributed by atoms with Gasteiger partial charge < -0.3 is 10.1 Å². The van der Waals surface area contributed by atoms with E-state index in [1.54, 1.807) is 11.3 Å². The minimum Gasteiger partial charge on any atom is -0.484 e. The first-order valence-electron chi connectivity index (χ1n) is 7.08. The first kappa shape index (κ1) is 15.6. The van der Waals surface area contributed by atoms with Gasteiger partial charge in [-0.05, 0) is 42.0 Å². The summed E-state index contributed by atoms with van der Waals surface area (Å²) in [7, 11) is 0. The van der Waals surface area contributed by atoms with Crippen LogP contribution in [0.5, 0.6) is 5.75 Å². The van der Waals surface area contributed by atoms with Crippen molar-refractivity contribution in [2.75, 3.05) is 6.61 Å². The van der Waals surface area contributed by atoms with Crippen LogP contribution >= 0.6 is 11.3 Å². The van der Waals surface area contributed by atoms with E-state index in [9.17, 15) is 4.79 Å². The van der Waals surface area contributed by atoms with Crippen molar-refractivity contribution < 1.29 is 9.53 Å². The molecule has 1 heterocycles. The Bertz CT molecular complexity index is 578. The predicted octanol–water partition coefficient (Wildman–Crippen LogP) is 3.95. The van der Waals surface area contributed by atoms with Gasteiger partial charge in [0.25, 0.3) is 5.91 Å². The van der Waals surface area contributed by atoms with E-state index in [1.165, 1.54) is 4.88 Å². The lowest BCUT2D eigenvalue weighted by atomic mass is 10.0. The highest BCUT2D eigenvalue weighted by atomic mass is 32.1. The Kier molecular flexibility index (Phi) is 5.39. The zero-order chi connectivity index (χ0) is 15.2. The highest BCUT2D eigenvalue weighted by molar-refractivity contribution is 7.10. The van der Waals surface area contributed by atoms with Gasteiger partial charge in [-0.1, -0.05) is 32.0 Å². The van der Waals surface area contributed by atoms with Crippen LogP contribution in [-0.4, -0.2) is 12.5 Å². The van der Waals surface area contributed by atoms with Gasteiger partial charge in [-0.2, -0.15) is 0 Å². The molecule has 0 saturated carbocycles. The minimum absolute atomic E-state index is 0.0397. The normalized spacial score (nSPS) is 12.2. The topological polar surface area (TPSA) is 38.3 Å². The van der Waals surface area contributed by atoms with Crippen LogP contribution < -0.4 is 10.1 Å². The summed E-state index contributed by atoms with van der Waals surface area (Å²) in [6.45, 7) is 6.24. The lowest BCUT2D eigenvalue weighted by Gasteiger charge is -2.21. The third-order valence-corrected chi connectivity index (χ3v) is 4.15. The van der Waals surface area contributed by atoms with Crippen molar-refractivity contribution in [1.29, 1.82) is 0 Å². The Morgan fingerprint density at radius 1 is 1.29 bits per heavy atom. The van der Waals surface area contributed by atoms with Gasteiger partial charge >= 0.3 is 0 Å². The summed E-state index contributed by atoms with van der Waals surface area (Å²) >= 11 is 1.66. The molecule has 0 bridgehead atoms. The zero-order valence-electron chi connectivity index (χ0n) is 12.6. The average molecular weight is 303 g/mol. The van der Waals surface area contributed by atoms with Gasteiger partial charge in [0.15, 0.2) is 6.61 Å². The molecule has 4 heteroatoms. The molecule has 1 aromatic heterocycles. The number of benzene rings is 1. The number of hydrogen-bond donors (Lipinski definition) is 1. The smallest absolute Gasteiger partial charge is 0.258 e. The largest absolute Gasteiger partial charge is 0.484 e. The van der Waals surface area contributed by atoms with Crippen molar-refractivity contribution in [3.63, 3.8) is 0 Å². The second kappa shape index (κ2) is 7.27. The van der Waals surface area contributed by atoms with Gasteiger partial charge in [-0.3, -0.25) is 4.79 Å². The van der Waals surface area contributed by atoms with Gasteiger partial charge in [-0.15, -0.1) is 11.3 Å². The van der Waals surface area contributed by atoms with E-state index >= 15 is 0 Å². The second-order valence-electron chi connectivity index (χ2n) is 5.41. The molecule has 1 atom stereocenters. The van der Waals surface area contributed by atoms with Crippen molar-refractivity contribution in [1.82, 2.24) is 5.32 Å². The van der Waals surface area contributed by atoms with Crippen LogP contribution in [-0.2, 0) is 4.79 Å². The first-order valence-corrected chi connectivity index (χ1v) is 7.96. The van der Waals surface area contributed by atoms with Gasteiger partial charge in [0.2, 0.25) is 0 Å². The molecular formula is C17H21NO2S. The summed E-state index contributed by atoms with van der Waals surface area (Å²) in [6.07, 6.45) is 0. The fraction of sp³-hybridized carbons (Fsp3) is 0.353. The Labute approximate surface area is 130 Å². The quantitative estimate of drug-likeness (QED) is 0.877. The lowest BCUT2D eigenvalue weighted by Crippen LogP contribution is -2.34. The first-order chi connectivity index (χ1) is 10.1. The number of thiophene rings is 1. The molecule has 0 saturated heterocycles. The molecule has 2 rings (SSSR count). The van der Waals surface area contributed by atoms with Gasteiger partial charge in [0.1, 0.15) is 5.75 Å². The van der Waals surface area contributed by atoms with E-state index in [-0.39, 0.29) is 18.6 Å². The summed E-state index contributed by atoms with van der Waals surface area (Å²) in [5.74, 6) is 0.970. The van der Waals surface area contributed by atoms with Gasteiger partial charge in [0.05, 0.1) is 6.04 Å². The molecule has 1 aromatic carbocycles. The number of carbonyl (C=O) groups is 1. The Morgan fingerprint density at radius 2 is 2.10 bits per heavy atom. The number of carbonyl (C=O) groups excluding carboxylic acids is 1. The Hall–Kier alpha value is -1.81. The van der Waals surface area contributed by atoms with Gasteiger partial charge in [0, 0.05) is 4.88 Å². The van der Waals surface area contributed by atoms with Crippen molar-refractivity contribution in [2.24, 2.45) is 5.92 Å². The number of hydrogen-bond acceptors (Lipinski definition) is 3. The molecule has 1 amide bonds. The number of rotatable bonds is 6. The Morgan fingerprint density at radius 3 is 2.71 bits per heavy atom. The van der Waals surface area contributed by atoms with Crippen LogP contribution in [0.2, 0.25) is 0 Å². The molecule has 0 unspecified atom stereocenters. The third-order valence-electron chi connectivity index (χ3n) is 3.19. The standard InChI is InChI=1S/C17H21NO2S/c1-12(2)17(15-8-5-9-21-15)18-16(19)11-20-14-7-4-6-13(3)10-14/h4-10,12,17H,11H2,1-3H3,(H,18,19)/t17-/m0/s1. The van der Waals surface area contributed by atoms with E-state index in [4.69, 9.17) is 4.74 Å². The molecule has 1 N–H and O–H groups in total. The maximum atomic E-state index is 12.1. The monoisotopic (exact) mass is 303 g/mol. The number of amides is 1. The number of nitrogens with one attached hydrogen (secondary N) is 1. The SMILES string of the molecule is Cc1cccc(OCC(=O)N[C@H](c2cccs2)C(C)C)c1. The molecule has 2 aromatic rings. The highest BCUT2D eigenvalue weighted by Crippen LogP contribution is 2.25. The minimum atomic E-state index is -0.0939. The fourth-order valence-corrected chi connectivity index (χ4v) is 3.05. The van der Waals surface area contributed by atoms with E-state index in [0.717, 1.165) is 11.3 Å². The van der Waals surface area contributed by atoms with Crippen LogP contribution in [0.1, 0.15) is 30.3 Å². The van der Waals surface area contributed by atoms with E-state index in [1.807, 2.05) is 42.6 Å². The summed E-state index contributed by atoms with van der Waals surface area (Å²) in [4.78, 5) is 13.3. The molecule has 0 aliphatic rings. The summed E-state index contributed by atoms with van der Waals surface area (Å²) in [6, 6.07) is 11.8. The van der Waals surface area contributed by atoms with E-state index < -0.39 is 0 Å². The zero-order valence-corrected chi connectivity index (χ0v) is 13.4. The maximum Gasteiger partial charge on any atom is 0.258 e. The molecule has 21 heavy (non-hydrogen) atoms. The number of ether oxygens (including phenoxy) is 1. The van der Waals surface area contributed by atoms with Crippen LogP contribution in [0.3, 0.4) is 0 Å². The molecule has 0 fully saturated rings. The summed E-state index contributed by atoms with van der Waals surface area (Å²) < 4.78 is 5.54. The Balaban J connectivity index is 1.91. The second-order valence-corrected chi connectivity index (χ2v) is 6.39. The van der Waals surface area contributed by atoms with E-state index in [0.29, 0.717) is 5.92 Å². The van der Waals surface area contributed by atoms with Crippen molar-refractivity contribution in [3.05, 3.63) is 52.2 Å². The van der Waals surface area contributed by atoms with Crippen molar-refractivity contribution in [2.45, 2.75) is 26.8 Å². The van der Waals surface area contributed by atoms with E-state index in [2.05, 4.69) is 25.2 Å². The molecule has 0 aliphatic heterocycles. The third kappa shape index (κ3) is 4.60. The van der Waals surface area contributed by atoms with Crippen molar-refractivity contribution >= 4 is 17.2 Å². The summed E-state index contributed by atoms with van der Waals surface area (Å²) in [5.41, 5.74) is 1.12. The molecule has 3 nitrogen and oxygen atoms in total. The van der Waals surface area contributed by atoms with Crippen LogP contribution in [0.25, 0.3) is 0 Å². The number of aryl methyl sites for hydroxylation is 1. The summed E-state index contributed by atoms with van der Waals surface area (Å²) in [5, 5.41) is 5.08.